The summed E-state index contributed by atoms with van der Waals surface area (Å²) in [6, 6.07) is 6.95. The second-order valence-electron chi connectivity index (χ2n) is 4.60. The predicted molar refractivity (Wildman–Crippen MR) is 95.4 cm³/mol. The average molecular weight is 355 g/mol. The molecule has 0 aliphatic heterocycles. The number of carbonyl (C=O) groups is 2. The van der Waals surface area contributed by atoms with Crippen LogP contribution in [0.2, 0.25) is 0 Å². The topological polar surface area (TPSA) is 97.1 Å². The second kappa shape index (κ2) is 9.24. The van der Waals surface area contributed by atoms with Crippen LogP contribution in [0, 0.1) is 0 Å². The van der Waals surface area contributed by atoms with Crippen LogP contribution in [0.25, 0.3) is 0 Å². The Morgan fingerprint density at radius 1 is 1.17 bits per heavy atom. The highest BCUT2D eigenvalue weighted by Crippen LogP contribution is 2.16. The number of carbonyl (C=O) groups excluding carboxylic acids is 2. The van der Waals surface area contributed by atoms with E-state index in [4.69, 9.17) is 5.73 Å². The van der Waals surface area contributed by atoms with Gasteiger partial charge in [-0.25, -0.2) is 4.98 Å². The smallest absolute Gasteiger partial charge is 0.275 e. The molecule has 23 heavy (non-hydrogen) atoms. The van der Waals surface area contributed by atoms with Crippen LogP contribution in [0.15, 0.2) is 29.6 Å². The molecular weight excluding hydrogens is 336 g/mol. The molecule has 124 valence electrons. The molecule has 6 nitrogen and oxygen atoms in total. The number of anilines is 2. The number of benzene rings is 1. The fraction of sp³-hybridized carbons (Fsp3) is 0.267. The zero-order valence-corrected chi connectivity index (χ0v) is 14.3. The van der Waals surface area contributed by atoms with Gasteiger partial charge in [-0.3, -0.25) is 9.59 Å². The number of nitrogens with one attached hydrogen (secondary N) is 2. The maximum atomic E-state index is 12.1. The molecule has 0 aliphatic carbocycles. The molecule has 1 heterocycles. The predicted octanol–water partition coefficient (Wildman–Crippen LogP) is 2.67. The summed E-state index contributed by atoms with van der Waals surface area (Å²) in [6.45, 7) is 2.30. The number of nitrogens with zero attached hydrogens (tertiary/aromatic N) is 1. The van der Waals surface area contributed by atoms with Gasteiger partial charge in [-0.1, -0.05) is 6.92 Å². The lowest BCUT2D eigenvalue weighted by Crippen LogP contribution is -2.13. The van der Waals surface area contributed by atoms with Crippen LogP contribution in [0.1, 0.15) is 28.8 Å². The van der Waals surface area contributed by atoms with E-state index in [-0.39, 0.29) is 24.2 Å². The quantitative estimate of drug-likeness (QED) is 0.742. The van der Waals surface area contributed by atoms with Crippen molar-refractivity contribution in [2.24, 2.45) is 5.73 Å². The highest BCUT2D eigenvalue weighted by Gasteiger charge is 2.10. The van der Waals surface area contributed by atoms with Crippen LogP contribution >= 0.6 is 23.7 Å². The standard InChI is InChI=1S/C15H18N4O2S.ClH/c1-2-13(20)17-10-3-5-11(6-4-10)18-15(21)12-9-22-14(19-12)7-8-16;/h3-6,9H,2,7-8,16H2,1H3,(H,17,20)(H,18,21);1H. The lowest BCUT2D eigenvalue weighted by Gasteiger charge is -2.06. The van der Waals surface area contributed by atoms with Crippen molar-refractivity contribution in [1.29, 1.82) is 0 Å². The van der Waals surface area contributed by atoms with Crippen molar-refractivity contribution in [3.05, 3.63) is 40.3 Å². The number of hydrogen-bond acceptors (Lipinski definition) is 5. The third-order valence-electron chi connectivity index (χ3n) is 2.89. The lowest BCUT2D eigenvalue weighted by atomic mass is 10.2. The Balaban J connectivity index is 0.00000264. The van der Waals surface area contributed by atoms with Gasteiger partial charge in [0.05, 0.1) is 5.01 Å². The SMILES string of the molecule is CCC(=O)Nc1ccc(NC(=O)c2csc(CCN)n2)cc1.Cl. The molecule has 0 aliphatic rings. The van der Waals surface area contributed by atoms with Crippen molar-refractivity contribution in [2.75, 3.05) is 17.2 Å². The number of halogens is 1. The molecule has 1 aromatic heterocycles. The molecule has 0 bridgehead atoms. The number of amides is 2. The number of thiazole rings is 1. The highest BCUT2D eigenvalue weighted by atomic mass is 35.5. The van der Waals surface area contributed by atoms with Gasteiger partial charge in [-0.15, -0.1) is 23.7 Å². The molecule has 1 aromatic carbocycles. The van der Waals surface area contributed by atoms with Crippen LogP contribution in [0.3, 0.4) is 0 Å². The molecular formula is C15H19ClN4O2S. The molecule has 2 aromatic rings. The molecule has 4 N–H and O–H groups in total. The summed E-state index contributed by atoms with van der Waals surface area (Å²) in [5.41, 5.74) is 7.19. The van der Waals surface area contributed by atoms with E-state index in [1.807, 2.05) is 0 Å². The van der Waals surface area contributed by atoms with Crippen LogP contribution in [-0.2, 0) is 11.2 Å². The Morgan fingerprint density at radius 2 is 1.78 bits per heavy atom. The number of nitrogens with two attached hydrogens (primary N) is 1. The summed E-state index contributed by atoms with van der Waals surface area (Å²) in [5.74, 6) is -0.309. The fourth-order valence-electron chi connectivity index (χ4n) is 1.73. The lowest BCUT2D eigenvalue weighted by molar-refractivity contribution is -0.115. The molecule has 0 saturated heterocycles. The van der Waals surface area contributed by atoms with Gasteiger partial charge >= 0.3 is 0 Å². The third-order valence-corrected chi connectivity index (χ3v) is 3.80. The molecule has 8 heteroatoms. The largest absolute Gasteiger partial charge is 0.330 e. The summed E-state index contributed by atoms with van der Waals surface area (Å²) in [4.78, 5) is 27.6. The summed E-state index contributed by atoms with van der Waals surface area (Å²) in [6.07, 6.45) is 1.09. The summed E-state index contributed by atoms with van der Waals surface area (Å²) < 4.78 is 0. The summed E-state index contributed by atoms with van der Waals surface area (Å²) in [7, 11) is 0. The number of aromatic nitrogens is 1. The Labute approximate surface area is 144 Å². The van der Waals surface area contributed by atoms with Gasteiger partial charge in [0.1, 0.15) is 5.69 Å². The zero-order chi connectivity index (χ0) is 15.9. The number of hydrogen-bond donors (Lipinski definition) is 3. The van der Waals surface area contributed by atoms with Crippen molar-refractivity contribution in [1.82, 2.24) is 4.98 Å². The van der Waals surface area contributed by atoms with E-state index in [0.29, 0.717) is 36.5 Å². The molecule has 2 rings (SSSR count). The van der Waals surface area contributed by atoms with Gasteiger partial charge in [-0.2, -0.15) is 0 Å². The first-order valence-electron chi connectivity index (χ1n) is 6.98. The molecule has 0 radical (unpaired) electrons. The van der Waals surface area contributed by atoms with Crippen LogP contribution in [-0.4, -0.2) is 23.3 Å². The Morgan fingerprint density at radius 3 is 2.35 bits per heavy atom. The monoisotopic (exact) mass is 354 g/mol. The minimum absolute atomic E-state index is 0. The normalized spacial score (nSPS) is 9.83. The van der Waals surface area contributed by atoms with E-state index in [1.54, 1.807) is 36.6 Å². The minimum atomic E-state index is -0.259. The van der Waals surface area contributed by atoms with Gasteiger partial charge in [-0.05, 0) is 30.8 Å². The number of rotatable bonds is 6. The van der Waals surface area contributed by atoms with Crippen LogP contribution < -0.4 is 16.4 Å². The van der Waals surface area contributed by atoms with Crippen LogP contribution in [0.5, 0.6) is 0 Å². The Bertz CT molecular complexity index is 658. The van der Waals surface area contributed by atoms with Gasteiger partial charge < -0.3 is 16.4 Å². The molecule has 0 fully saturated rings. The molecule has 0 atom stereocenters. The second-order valence-corrected chi connectivity index (χ2v) is 5.54. The van der Waals surface area contributed by atoms with Crippen molar-refractivity contribution in [3.8, 4) is 0 Å². The van der Waals surface area contributed by atoms with Crippen molar-refractivity contribution < 1.29 is 9.59 Å². The van der Waals surface area contributed by atoms with Crippen LogP contribution in [0.4, 0.5) is 11.4 Å². The molecule has 2 amide bonds. The first-order chi connectivity index (χ1) is 10.6. The van der Waals surface area contributed by atoms with E-state index in [9.17, 15) is 9.59 Å². The summed E-state index contributed by atoms with van der Waals surface area (Å²) in [5, 5.41) is 8.09. The molecule has 0 unspecified atom stereocenters. The third kappa shape index (κ3) is 5.63. The Hall–Kier alpha value is -1.96. The zero-order valence-electron chi connectivity index (χ0n) is 12.7. The maximum absolute atomic E-state index is 12.1. The van der Waals surface area contributed by atoms with E-state index in [0.717, 1.165) is 5.01 Å². The van der Waals surface area contributed by atoms with Crippen molar-refractivity contribution in [3.63, 3.8) is 0 Å². The fourth-order valence-corrected chi connectivity index (χ4v) is 2.53. The highest BCUT2D eigenvalue weighted by molar-refractivity contribution is 7.09. The van der Waals surface area contributed by atoms with Gasteiger partial charge in [0, 0.05) is 29.6 Å². The first kappa shape index (κ1) is 19.1. The van der Waals surface area contributed by atoms with E-state index >= 15 is 0 Å². The van der Waals surface area contributed by atoms with Gasteiger partial charge in [0.2, 0.25) is 5.91 Å². The van der Waals surface area contributed by atoms with Gasteiger partial charge in [0.25, 0.3) is 5.91 Å². The van der Waals surface area contributed by atoms with E-state index < -0.39 is 0 Å². The summed E-state index contributed by atoms with van der Waals surface area (Å²) >= 11 is 1.43. The average Bonchev–Trinajstić information content (AvgIpc) is 2.98. The van der Waals surface area contributed by atoms with E-state index in [1.165, 1.54) is 11.3 Å². The molecule has 0 saturated carbocycles. The Kier molecular flexibility index (Phi) is 7.67. The minimum Gasteiger partial charge on any atom is -0.330 e. The maximum Gasteiger partial charge on any atom is 0.275 e. The van der Waals surface area contributed by atoms with Crippen molar-refractivity contribution in [2.45, 2.75) is 19.8 Å². The van der Waals surface area contributed by atoms with E-state index in [2.05, 4.69) is 15.6 Å². The van der Waals surface area contributed by atoms with Gasteiger partial charge in [0.15, 0.2) is 0 Å². The molecule has 0 spiro atoms. The van der Waals surface area contributed by atoms with Crippen molar-refractivity contribution >= 4 is 46.9 Å². The first-order valence-corrected chi connectivity index (χ1v) is 7.86.